The summed E-state index contributed by atoms with van der Waals surface area (Å²) in [4.78, 5) is 20.7. The van der Waals surface area contributed by atoms with Crippen molar-refractivity contribution in [1.29, 1.82) is 0 Å². The van der Waals surface area contributed by atoms with Crippen molar-refractivity contribution >= 4 is 87.2 Å². The second-order valence-corrected chi connectivity index (χ2v) is 30.4. The van der Waals surface area contributed by atoms with Gasteiger partial charge in [0.1, 0.15) is 23.3 Å². The highest BCUT2D eigenvalue weighted by Crippen LogP contribution is 2.63. The summed E-state index contributed by atoms with van der Waals surface area (Å²) in [6.07, 6.45) is 10.1. The predicted octanol–water partition coefficient (Wildman–Crippen LogP) is 23.6. The van der Waals surface area contributed by atoms with Crippen LogP contribution in [0.4, 0.5) is 0 Å². The number of imidazole rings is 4. The molecule has 0 atom stereocenters. The highest BCUT2D eigenvalue weighted by molar-refractivity contribution is 6.21. The van der Waals surface area contributed by atoms with E-state index < -0.39 is 0 Å². The smallest absolute Gasteiger partial charge is 0.114 e. The van der Waals surface area contributed by atoms with E-state index in [1.54, 1.807) is 0 Å². The molecule has 22 rings (SSSR count). The van der Waals surface area contributed by atoms with Crippen molar-refractivity contribution in [3.63, 3.8) is 0 Å². The third-order valence-corrected chi connectivity index (χ3v) is 25.2. The first-order chi connectivity index (χ1) is 51.1. The van der Waals surface area contributed by atoms with E-state index in [2.05, 4.69) is 302 Å². The molecule has 14 aromatic carbocycles. The van der Waals surface area contributed by atoms with Crippen LogP contribution in [0.2, 0.25) is 0 Å². The number of rotatable bonds is 8. The van der Waals surface area contributed by atoms with Crippen LogP contribution in [0.1, 0.15) is 102 Å². The Morgan fingerprint density at radius 3 is 1.31 bits per heavy atom. The third-order valence-electron chi connectivity index (χ3n) is 25.2. The Morgan fingerprint density at radius 2 is 0.731 bits per heavy atom. The van der Waals surface area contributed by atoms with Gasteiger partial charge in [0.15, 0.2) is 0 Å². The van der Waals surface area contributed by atoms with Gasteiger partial charge < -0.3 is 9.13 Å². The highest BCUT2D eigenvalue weighted by Gasteiger charge is 2.48. The van der Waals surface area contributed by atoms with E-state index in [1.165, 1.54) is 163 Å². The van der Waals surface area contributed by atoms with Crippen molar-refractivity contribution in [3.8, 4) is 78.1 Å². The standard InChI is InChI=1S/C96H74N8/c1-56-97-82-44-41-60(52-88(82)101(56)4)62-23-16-25-65-73(62)54-74-63(24-17-26-66(74)91(65)71-31-18-29-69-64-22-6-7-33-78(64)95(93(69)71)46-12-13-47-95)61-42-45-83-89(53-61)102(5)90(100-83)51-59-40-43-79-75(50-59)70-30-19-32-72(94(70)96(79)48-14-15-49-96)92-67-27-20-38-84(103-57(2)98-80-34-8-10-36-86(80)103)76(67)55-77-68(92)28-21-39-85(77)104-58(3)99-81-35-9-11-37-87(81)104/h6-11,16-45,50,52-55H,12-15,46-49,51H2,1-5H3. The quantitative estimate of drug-likeness (QED) is 0.142. The zero-order valence-electron chi connectivity index (χ0n) is 59.1. The van der Waals surface area contributed by atoms with Crippen molar-refractivity contribution in [2.75, 3.05) is 0 Å². The summed E-state index contributed by atoms with van der Waals surface area (Å²) in [5, 5.41) is 9.89. The van der Waals surface area contributed by atoms with Crippen LogP contribution in [0.5, 0.6) is 0 Å². The minimum absolute atomic E-state index is 0.0242. The summed E-state index contributed by atoms with van der Waals surface area (Å²) >= 11 is 0. The van der Waals surface area contributed by atoms with Gasteiger partial charge in [0.25, 0.3) is 0 Å². The average Bonchev–Trinajstić information content (AvgIpc) is 1.60. The number of fused-ring (bicyclic) bond motifs is 18. The number of benzene rings is 14. The van der Waals surface area contributed by atoms with Crippen LogP contribution >= 0.6 is 0 Å². The second-order valence-electron chi connectivity index (χ2n) is 30.4. The Bertz CT molecular complexity index is 6650. The van der Waals surface area contributed by atoms with Crippen LogP contribution in [0.15, 0.2) is 249 Å². The molecule has 0 N–H and O–H groups in total. The van der Waals surface area contributed by atoms with Gasteiger partial charge in [-0.25, -0.2) is 19.9 Å². The fourth-order valence-electron chi connectivity index (χ4n) is 20.6. The van der Waals surface area contributed by atoms with Crippen LogP contribution in [0, 0.1) is 20.8 Å². The molecule has 0 saturated heterocycles. The molecule has 498 valence electrons. The van der Waals surface area contributed by atoms with Gasteiger partial charge in [0, 0.05) is 42.1 Å². The molecule has 0 amide bonds. The lowest BCUT2D eigenvalue weighted by Crippen LogP contribution is -2.21. The topological polar surface area (TPSA) is 71.3 Å². The second kappa shape index (κ2) is 22.0. The first kappa shape index (κ1) is 59.7. The van der Waals surface area contributed by atoms with Gasteiger partial charge in [-0.15, -0.1) is 0 Å². The van der Waals surface area contributed by atoms with E-state index >= 15 is 0 Å². The van der Waals surface area contributed by atoms with Gasteiger partial charge >= 0.3 is 0 Å². The SMILES string of the molecule is Cc1nc2ccc(-c3cccc4c(-c5cccc6c5C5(CCCC5)c5ccccc5-6)c5cccc(-c6ccc7nc(Cc8ccc9c(c8)-c8cccc(-c%10c%11cccc(-n%12c(C)nc%13ccccc%13%12)c%11cc%11c(-n%12c(C)nc%13ccccc%13%12)cccc%10%11)c8C98CCCC8)n(C)c7c6)c5cc34)cc2n1C. The third kappa shape index (κ3) is 8.25. The first-order valence-electron chi connectivity index (χ1n) is 37.4. The number of aromatic nitrogens is 8. The molecule has 8 heteroatoms. The largest absolute Gasteiger partial charge is 0.331 e. The first-order valence-corrected chi connectivity index (χ1v) is 37.4. The summed E-state index contributed by atoms with van der Waals surface area (Å²) in [5.41, 5.74) is 33.4. The van der Waals surface area contributed by atoms with Crippen LogP contribution in [0.3, 0.4) is 0 Å². The zero-order valence-corrected chi connectivity index (χ0v) is 59.1. The normalized spacial score (nSPS) is 14.9. The maximum atomic E-state index is 5.52. The molecule has 2 fully saturated rings. The lowest BCUT2D eigenvalue weighted by molar-refractivity contribution is 0.551. The monoisotopic (exact) mass is 1340 g/mol. The van der Waals surface area contributed by atoms with Crippen molar-refractivity contribution in [3.05, 3.63) is 300 Å². The van der Waals surface area contributed by atoms with E-state index in [1.807, 2.05) is 0 Å². The van der Waals surface area contributed by atoms with E-state index in [-0.39, 0.29) is 10.8 Å². The maximum Gasteiger partial charge on any atom is 0.114 e. The number of hydrogen-bond donors (Lipinski definition) is 0. The fourth-order valence-corrected chi connectivity index (χ4v) is 20.6. The molecule has 0 unspecified atom stereocenters. The van der Waals surface area contributed by atoms with E-state index in [0.717, 1.165) is 104 Å². The van der Waals surface area contributed by atoms with Gasteiger partial charge in [0.05, 0.1) is 55.5 Å². The van der Waals surface area contributed by atoms with E-state index in [0.29, 0.717) is 6.42 Å². The van der Waals surface area contributed by atoms with Gasteiger partial charge in [-0.1, -0.05) is 202 Å². The van der Waals surface area contributed by atoms with E-state index in [4.69, 9.17) is 19.9 Å². The molecule has 0 bridgehead atoms. The molecule has 4 heterocycles. The van der Waals surface area contributed by atoms with Crippen LogP contribution < -0.4 is 0 Å². The molecular weight excluding hydrogens is 1270 g/mol. The zero-order chi connectivity index (χ0) is 69.0. The highest BCUT2D eigenvalue weighted by atomic mass is 15.1. The summed E-state index contributed by atoms with van der Waals surface area (Å²) in [7, 11) is 4.36. The number of aryl methyl sites for hydroxylation is 5. The molecule has 4 aliphatic rings. The molecule has 4 aliphatic carbocycles. The molecule has 104 heavy (non-hydrogen) atoms. The van der Waals surface area contributed by atoms with Crippen LogP contribution in [-0.4, -0.2) is 38.2 Å². The minimum Gasteiger partial charge on any atom is -0.331 e. The summed E-state index contributed by atoms with van der Waals surface area (Å²) < 4.78 is 9.31. The Balaban J connectivity index is 0.688. The number of hydrogen-bond acceptors (Lipinski definition) is 4. The molecule has 2 spiro atoms. The van der Waals surface area contributed by atoms with Gasteiger partial charge in [-0.3, -0.25) is 9.13 Å². The number of para-hydroxylation sites is 4. The van der Waals surface area contributed by atoms with Gasteiger partial charge in [0.2, 0.25) is 0 Å². The summed E-state index contributed by atoms with van der Waals surface area (Å²) in [6.45, 7) is 6.37. The Hall–Kier alpha value is -12.0. The molecule has 8 nitrogen and oxygen atoms in total. The van der Waals surface area contributed by atoms with E-state index in [9.17, 15) is 0 Å². The Labute approximate surface area is 603 Å². The Kier molecular flexibility index (Phi) is 12.6. The number of nitrogens with zero attached hydrogens (tertiary/aromatic N) is 8. The molecule has 2 saturated carbocycles. The lowest BCUT2D eigenvalue weighted by atomic mass is 9.73. The summed E-state index contributed by atoms with van der Waals surface area (Å²) in [6, 6.07) is 94.9. The van der Waals surface area contributed by atoms with Crippen LogP contribution in [0.25, 0.3) is 165 Å². The molecule has 0 radical (unpaired) electrons. The minimum atomic E-state index is -0.138. The van der Waals surface area contributed by atoms with Gasteiger partial charge in [-0.2, -0.15) is 0 Å². The summed E-state index contributed by atoms with van der Waals surface area (Å²) in [5.74, 6) is 3.98. The fraction of sp³-hybridized carbons (Fsp3) is 0.167. The maximum absolute atomic E-state index is 5.52. The van der Waals surface area contributed by atoms with Gasteiger partial charge in [-0.05, 0) is 246 Å². The van der Waals surface area contributed by atoms with Crippen LogP contribution in [-0.2, 0) is 31.3 Å². The lowest BCUT2D eigenvalue weighted by Gasteiger charge is -2.30. The average molecular weight is 1340 g/mol. The van der Waals surface area contributed by atoms with Crippen molar-refractivity contribution in [2.24, 2.45) is 14.1 Å². The molecule has 4 aromatic heterocycles. The van der Waals surface area contributed by atoms with Crippen molar-refractivity contribution in [1.82, 2.24) is 38.2 Å². The molecule has 0 aliphatic heterocycles. The molecule has 18 aromatic rings. The van der Waals surface area contributed by atoms with Crippen molar-refractivity contribution < 1.29 is 0 Å². The predicted molar refractivity (Wildman–Crippen MR) is 429 cm³/mol. The Morgan fingerprint density at radius 1 is 0.308 bits per heavy atom. The van der Waals surface area contributed by atoms with Crippen molar-refractivity contribution in [2.45, 2.75) is 89.4 Å². The molecular formula is C96H74N8.